The first kappa shape index (κ1) is 10.5. The Balaban J connectivity index is 3.06. The molecule has 7 heteroatoms. The van der Waals surface area contributed by atoms with Crippen LogP contribution in [0.2, 0.25) is 0 Å². The molecule has 5 N–H and O–H groups in total. The monoisotopic (exact) mass is 216 g/mol. The summed E-state index contributed by atoms with van der Waals surface area (Å²) in [6, 6.07) is 3.94. The van der Waals surface area contributed by atoms with Crippen LogP contribution in [-0.4, -0.2) is 19.8 Å². The maximum Gasteiger partial charge on any atom is 0.337 e. The lowest BCUT2D eigenvalue weighted by Crippen LogP contribution is -2.06. The van der Waals surface area contributed by atoms with Gasteiger partial charge in [0.2, 0.25) is 0 Å². The minimum absolute atomic E-state index is 0.103. The number of hydrogen-bond donors (Lipinski definition) is 4. The summed E-state index contributed by atoms with van der Waals surface area (Å²) in [5.74, 6) is -1.19. The van der Waals surface area contributed by atoms with Gasteiger partial charge in [-0.05, 0) is 18.2 Å². The third kappa shape index (κ3) is 2.44. The zero-order valence-corrected chi connectivity index (χ0v) is 7.75. The van der Waals surface area contributed by atoms with Gasteiger partial charge in [0.25, 0.3) is 11.3 Å². The molecule has 6 nitrogen and oxygen atoms in total. The number of carboxylic acid groups (broad SMARTS) is 1. The van der Waals surface area contributed by atoms with Crippen molar-refractivity contribution in [2.24, 2.45) is 0 Å². The quantitative estimate of drug-likeness (QED) is 0.434. The number of nitrogens with one attached hydrogen (secondary N) is 1. The Kier molecular flexibility index (Phi) is 3.05. The van der Waals surface area contributed by atoms with Gasteiger partial charge in [0.05, 0.1) is 5.56 Å². The van der Waals surface area contributed by atoms with Gasteiger partial charge in [-0.3, -0.25) is 9.27 Å². The third-order valence-corrected chi connectivity index (χ3v) is 1.90. The van der Waals surface area contributed by atoms with E-state index in [1.54, 1.807) is 0 Å². The maximum atomic E-state index is 10.6. The Morgan fingerprint density at radius 3 is 2.64 bits per heavy atom. The van der Waals surface area contributed by atoms with E-state index in [4.69, 9.17) is 15.4 Å². The maximum absolute atomic E-state index is 10.6. The molecule has 1 atom stereocenters. The highest BCUT2D eigenvalue weighted by Gasteiger charge is 2.08. The molecule has 1 unspecified atom stereocenters. The number of benzene rings is 1. The van der Waals surface area contributed by atoms with Crippen LogP contribution in [0.3, 0.4) is 0 Å². The largest absolute Gasteiger partial charge is 0.478 e. The van der Waals surface area contributed by atoms with Crippen LogP contribution in [0.25, 0.3) is 0 Å². The molecule has 0 amide bonds. The highest BCUT2D eigenvalue weighted by molar-refractivity contribution is 7.80. The number of rotatable bonds is 3. The van der Waals surface area contributed by atoms with E-state index >= 15 is 0 Å². The molecule has 14 heavy (non-hydrogen) atoms. The molecule has 0 heterocycles. The molecule has 0 aliphatic rings. The minimum atomic E-state index is -2.23. The normalized spacial score (nSPS) is 12.1. The number of nitrogen functional groups attached to an aromatic ring is 1. The van der Waals surface area contributed by atoms with Crippen molar-refractivity contribution in [3.8, 4) is 0 Å². The molecule has 0 aromatic heterocycles. The molecule has 76 valence electrons. The van der Waals surface area contributed by atoms with E-state index in [0.29, 0.717) is 0 Å². The van der Waals surface area contributed by atoms with E-state index < -0.39 is 17.2 Å². The molecule has 0 bridgehead atoms. The summed E-state index contributed by atoms with van der Waals surface area (Å²) in [6.07, 6.45) is 0. The van der Waals surface area contributed by atoms with Crippen molar-refractivity contribution in [1.29, 1.82) is 0 Å². The molecule has 1 aromatic carbocycles. The lowest BCUT2D eigenvalue weighted by atomic mass is 10.1. The topological polar surface area (TPSA) is 113 Å². The Bertz CT molecular complexity index is 393. The first-order valence-electron chi connectivity index (χ1n) is 3.51. The van der Waals surface area contributed by atoms with E-state index in [-0.39, 0.29) is 16.9 Å². The standard InChI is InChI=1S/C7H8N2O4S/c8-6-2-1-4(9-14(12)13)3-5(6)7(10)11/h1-3,9H,8H2,(H,10,11)(H,12,13). The molecule has 0 fully saturated rings. The summed E-state index contributed by atoms with van der Waals surface area (Å²) in [4.78, 5) is 10.6. The molecular weight excluding hydrogens is 208 g/mol. The van der Waals surface area contributed by atoms with Crippen LogP contribution in [-0.2, 0) is 11.3 Å². The number of nitrogens with two attached hydrogens (primary N) is 1. The summed E-state index contributed by atoms with van der Waals surface area (Å²) in [5.41, 5.74) is 5.59. The number of hydrogen-bond acceptors (Lipinski definition) is 3. The van der Waals surface area contributed by atoms with Crippen LogP contribution in [0.5, 0.6) is 0 Å². The van der Waals surface area contributed by atoms with Gasteiger partial charge in [-0.25, -0.2) is 9.00 Å². The summed E-state index contributed by atoms with van der Waals surface area (Å²) in [5, 5.41) is 8.68. The van der Waals surface area contributed by atoms with Crippen molar-refractivity contribution in [3.63, 3.8) is 0 Å². The number of anilines is 2. The zero-order valence-electron chi connectivity index (χ0n) is 6.93. The first-order valence-corrected chi connectivity index (χ1v) is 4.61. The van der Waals surface area contributed by atoms with Gasteiger partial charge in [0.15, 0.2) is 0 Å². The predicted molar refractivity (Wildman–Crippen MR) is 52.2 cm³/mol. The van der Waals surface area contributed by atoms with E-state index in [0.717, 1.165) is 0 Å². The molecule has 1 rings (SSSR count). The van der Waals surface area contributed by atoms with Gasteiger partial charge in [-0.1, -0.05) is 0 Å². The van der Waals surface area contributed by atoms with Gasteiger partial charge in [0.1, 0.15) is 0 Å². The van der Waals surface area contributed by atoms with Crippen molar-refractivity contribution >= 4 is 28.6 Å². The smallest absolute Gasteiger partial charge is 0.337 e. The van der Waals surface area contributed by atoms with E-state index in [2.05, 4.69) is 4.72 Å². The second-order valence-corrected chi connectivity index (χ2v) is 3.16. The van der Waals surface area contributed by atoms with E-state index in [1.807, 2.05) is 0 Å². The van der Waals surface area contributed by atoms with E-state index in [9.17, 15) is 9.00 Å². The van der Waals surface area contributed by atoms with Crippen LogP contribution in [0, 0.1) is 0 Å². The van der Waals surface area contributed by atoms with Gasteiger partial charge >= 0.3 is 5.97 Å². The SMILES string of the molecule is Nc1ccc(NS(=O)O)cc1C(=O)O. The van der Waals surface area contributed by atoms with Gasteiger partial charge in [-0.2, -0.15) is 0 Å². The first-order chi connectivity index (χ1) is 6.50. The number of carbonyl (C=O) groups is 1. The van der Waals surface area contributed by atoms with Crippen LogP contribution < -0.4 is 10.5 Å². The molecule has 0 radical (unpaired) electrons. The van der Waals surface area contributed by atoms with Crippen molar-refractivity contribution in [3.05, 3.63) is 23.8 Å². The van der Waals surface area contributed by atoms with Crippen molar-refractivity contribution < 1.29 is 18.7 Å². The predicted octanol–water partition coefficient (Wildman–Crippen LogP) is 0.516. The highest BCUT2D eigenvalue weighted by atomic mass is 32.2. The number of aromatic carboxylic acids is 1. The van der Waals surface area contributed by atoms with Crippen LogP contribution in [0.1, 0.15) is 10.4 Å². The van der Waals surface area contributed by atoms with Crippen LogP contribution in [0.15, 0.2) is 18.2 Å². The Labute approximate surface area is 82.2 Å². The van der Waals surface area contributed by atoms with Crippen molar-refractivity contribution in [2.75, 3.05) is 10.5 Å². The summed E-state index contributed by atoms with van der Waals surface area (Å²) < 4.78 is 21.0. The minimum Gasteiger partial charge on any atom is -0.478 e. The molecule has 1 aromatic rings. The van der Waals surface area contributed by atoms with Gasteiger partial charge in [0, 0.05) is 11.4 Å². The molecule has 0 saturated heterocycles. The van der Waals surface area contributed by atoms with Gasteiger partial charge < -0.3 is 10.8 Å². The Hall–Kier alpha value is -1.60. The molecular formula is C7H8N2O4S. The Morgan fingerprint density at radius 2 is 2.14 bits per heavy atom. The summed E-state index contributed by atoms with van der Waals surface area (Å²) in [6.45, 7) is 0. The van der Waals surface area contributed by atoms with Crippen LogP contribution in [0.4, 0.5) is 11.4 Å². The molecule has 0 saturated carbocycles. The van der Waals surface area contributed by atoms with Crippen molar-refractivity contribution in [1.82, 2.24) is 0 Å². The van der Waals surface area contributed by atoms with Crippen molar-refractivity contribution in [2.45, 2.75) is 0 Å². The second kappa shape index (κ2) is 4.07. The average molecular weight is 216 g/mol. The lowest BCUT2D eigenvalue weighted by Gasteiger charge is -2.04. The molecule has 0 aliphatic heterocycles. The fraction of sp³-hybridized carbons (Fsp3) is 0. The summed E-state index contributed by atoms with van der Waals surface area (Å²) in [7, 11) is 0. The second-order valence-electron chi connectivity index (χ2n) is 2.46. The highest BCUT2D eigenvalue weighted by Crippen LogP contribution is 2.17. The average Bonchev–Trinajstić information content (AvgIpc) is 2.07. The molecule has 0 aliphatic carbocycles. The Morgan fingerprint density at radius 1 is 1.50 bits per heavy atom. The lowest BCUT2D eigenvalue weighted by molar-refractivity contribution is 0.0698. The van der Waals surface area contributed by atoms with Crippen LogP contribution >= 0.6 is 0 Å². The third-order valence-electron chi connectivity index (χ3n) is 1.49. The molecule has 0 spiro atoms. The fourth-order valence-electron chi connectivity index (χ4n) is 0.906. The summed E-state index contributed by atoms with van der Waals surface area (Å²) >= 11 is -2.23. The fourth-order valence-corrected chi connectivity index (χ4v) is 1.23. The zero-order chi connectivity index (χ0) is 10.7. The van der Waals surface area contributed by atoms with Gasteiger partial charge in [-0.15, -0.1) is 0 Å². The van der Waals surface area contributed by atoms with E-state index in [1.165, 1.54) is 18.2 Å². The number of carboxylic acids is 1.